The largest absolute Gasteiger partial charge is 0.297 e. The van der Waals surface area contributed by atoms with Crippen LogP contribution in [0.5, 0.6) is 0 Å². The molecule has 0 aliphatic carbocycles. The van der Waals surface area contributed by atoms with Crippen LogP contribution in [0.15, 0.2) is 17.6 Å². The first kappa shape index (κ1) is 15.6. The van der Waals surface area contributed by atoms with Crippen molar-refractivity contribution in [2.45, 2.75) is 64.1 Å². The van der Waals surface area contributed by atoms with E-state index >= 15 is 0 Å². The summed E-state index contributed by atoms with van der Waals surface area (Å²) in [7, 11) is -0.639. The first-order valence-corrected chi connectivity index (χ1v) is 9.22. The Labute approximate surface area is 104 Å². The van der Waals surface area contributed by atoms with Crippen LogP contribution >= 0.6 is 0 Å². The molecule has 2 heteroatoms. The highest BCUT2D eigenvalue weighted by Gasteiger charge is 2.13. The van der Waals surface area contributed by atoms with E-state index < -0.39 is 8.80 Å². The second-order valence-corrected chi connectivity index (χ2v) is 8.43. The van der Waals surface area contributed by atoms with E-state index in [4.69, 9.17) is 0 Å². The molecule has 16 heavy (non-hydrogen) atoms. The molecular weight excluding hydrogens is 210 g/mol. The molecule has 1 atom stereocenters. The van der Waals surface area contributed by atoms with Crippen molar-refractivity contribution in [1.82, 2.24) is 0 Å². The molecule has 0 radical (unpaired) electrons. The van der Waals surface area contributed by atoms with Gasteiger partial charge >= 0.3 is 0 Å². The van der Waals surface area contributed by atoms with Crippen LogP contribution in [0.1, 0.15) is 46.5 Å². The van der Waals surface area contributed by atoms with Gasteiger partial charge in [-0.3, -0.25) is 4.99 Å². The third-order valence-corrected chi connectivity index (χ3v) is 6.91. The van der Waals surface area contributed by atoms with Crippen LogP contribution in [0.2, 0.25) is 17.6 Å². The molecule has 0 aromatic carbocycles. The van der Waals surface area contributed by atoms with Crippen LogP contribution in [0.3, 0.4) is 0 Å². The summed E-state index contributed by atoms with van der Waals surface area (Å²) in [5.41, 5.74) is 0.612. The fourth-order valence-electron chi connectivity index (χ4n) is 2.03. The Hall–Kier alpha value is -0.373. The minimum Gasteiger partial charge on any atom is -0.297 e. The smallest absolute Gasteiger partial charge is 0.0503 e. The lowest BCUT2D eigenvalue weighted by atomic mass is 10.2. The topological polar surface area (TPSA) is 12.4 Å². The fourth-order valence-corrected chi connectivity index (χ4v) is 4.45. The highest BCUT2D eigenvalue weighted by Crippen LogP contribution is 2.16. The van der Waals surface area contributed by atoms with E-state index in [2.05, 4.69) is 44.6 Å². The standard InChI is InChI=1S/C14H29NSi/c1-5-9-10-11-12-15-13-14(6-2)16(7-3)8-4/h6,13-14,16H,2,5,7-12H2,1,3-4H3. The SMILES string of the molecule is C=CC(C=NCCCCCC)[SiH](CC)CC. The Morgan fingerprint density at radius 1 is 1.12 bits per heavy atom. The minimum absolute atomic E-state index is 0.612. The molecule has 0 aliphatic heterocycles. The average Bonchev–Trinajstić information content (AvgIpc) is 2.32. The summed E-state index contributed by atoms with van der Waals surface area (Å²) >= 11 is 0. The van der Waals surface area contributed by atoms with Gasteiger partial charge in [-0.05, 0) is 6.42 Å². The van der Waals surface area contributed by atoms with Gasteiger partial charge in [-0.15, -0.1) is 6.58 Å². The van der Waals surface area contributed by atoms with Crippen molar-refractivity contribution < 1.29 is 0 Å². The molecule has 0 aliphatic rings. The Morgan fingerprint density at radius 2 is 1.81 bits per heavy atom. The molecule has 0 saturated heterocycles. The third-order valence-electron chi connectivity index (χ3n) is 3.28. The van der Waals surface area contributed by atoms with Crippen LogP contribution in [0.25, 0.3) is 0 Å². The molecule has 1 unspecified atom stereocenters. The highest BCUT2D eigenvalue weighted by atomic mass is 28.3. The lowest BCUT2D eigenvalue weighted by molar-refractivity contribution is 0.675. The van der Waals surface area contributed by atoms with Crippen molar-refractivity contribution in [1.29, 1.82) is 0 Å². The van der Waals surface area contributed by atoms with Gasteiger partial charge < -0.3 is 0 Å². The van der Waals surface area contributed by atoms with Crippen molar-refractivity contribution in [3.8, 4) is 0 Å². The monoisotopic (exact) mass is 239 g/mol. The molecule has 0 bridgehead atoms. The molecule has 0 amide bonds. The summed E-state index contributed by atoms with van der Waals surface area (Å²) in [4.78, 5) is 4.57. The number of nitrogens with zero attached hydrogens (tertiary/aromatic N) is 1. The molecule has 0 saturated carbocycles. The summed E-state index contributed by atoms with van der Waals surface area (Å²) in [6.45, 7) is 11.8. The maximum atomic E-state index is 4.57. The molecule has 0 heterocycles. The van der Waals surface area contributed by atoms with Gasteiger partial charge in [0, 0.05) is 18.3 Å². The average molecular weight is 239 g/mol. The van der Waals surface area contributed by atoms with Crippen LogP contribution < -0.4 is 0 Å². The van der Waals surface area contributed by atoms with Crippen LogP contribution in [-0.2, 0) is 0 Å². The molecule has 0 N–H and O–H groups in total. The van der Waals surface area contributed by atoms with Gasteiger partial charge in [0.05, 0.1) is 8.80 Å². The van der Waals surface area contributed by atoms with Crippen molar-refractivity contribution in [3.05, 3.63) is 12.7 Å². The van der Waals surface area contributed by atoms with E-state index in [0.29, 0.717) is 5.54 Å². The number of rotatable bonds is 10. The van der Waals surface area contributed by atoms with Gasteiger partial charge in [-0.1, -0.05) is 58.2 Å². The summed E-state index contributed by atoms with van der Waals surface area (Å²) in [6.07, 6.45) is 9.53. The zero-order chi connectivity index (χ0) is 12.2. The normalized spacial score (nSPS) is 13.5. The van der Waals surface area contributed by atoms with E-state index in [1.165, 1.54) is 37.8 Å². The predicted molar refractivity (Wildman–Crippen MR) is 79.6 cm³/mol. The fraction of sp³-hybridized carbons (Fsp3) is 0.786. The Bertz CT molecular complexity index is 185. The zero-order valence-corrected chi connectivity index (χ0v) is 12.6. The molecule has 94 valence electrons. The molecular formula is C14H29NSi. The molecule has 0 rings (SSSR count). The van der Waals surface area contributed by atoms with Crippen molar-refractivity contribution >= 4 is 15.0 Å². The third kappa shape index (κ3) is 6.99. The van der Waals surface area contributed by atoms with Crippen LogP contribution in [0.4, 0.5) is 0 Å². The number of hydrogen-bond acceptors (Lipinski definition) is 1. The van der Waals surface area contributed by atoms with Gasteiger partial charge in [0.2, 0.25) is 0 Å². The van der Waals surface area contributed by atoms with Crippen molar-refractivity contribution in [3.63, 3.8) is 0 Å². The van der Waals surface area contributed by atoms with Gasteiger partial charge in [0.15, 0.2) is 0 Å². The Kier molecular flexibility index (Phi) is 10.9. The first-order valence-electron chi connectivity index (χ1n) is 6.92. The lowest BCUT2D eigenvalue weighted by Gasteiger charge is -2.15. The molecule has 0 fully saturated rings. The molecule has 0 aromatic rings. The summed E-state index contributed by atoms with van der Waals surface area (Å²) in [6, 6.07) is 2.71. The van der Waals surface area contributed by atoms with E-state index in [1.807, 2.05) is 0 Å². The van der Waals surface area contributed by atoms with E-state index in [0.717, 1.165) is 6.54 Å². The number of allylic oxidation sites excluding steroid dienone is 1. The second-order valence-electron chi connectivity index (χ2n) is 4.51. The number of unbranched alkanes of at least 4 members (excludes halogenated alkanes) is 3. The van der Waals surface area contributed by atoms with Crippen molar-refractivity contribution in [2.24, 2.45) is 4.99 Å². The zero-order valence-electron chi connectivity index (χ0n) is 11.4. The summed E-state index contributed by atoms with van der Waals surface area (Å²) in [5.74, 6) is 0. The van der Waals surface area contributed by atoms with Crippen LogP contribution in [-0.4, -0.2) is 21.6 Å². The Morgan fingerprint density at radius 3 is 2.31 bits per heavy atom. The van der Waals surface area contributed by atoms with Gasteiger partial charge in [0.1, 0.15) is 0 Å². The van der Waals surface area contributed by atoms with Gasteiger partial charge in [0.25, 0.3) is 0 Å². The predicted octanol–water partition coefficient (Wildman–Crippen LogP) is 4.46. The molecule has 1 nitrogen and oxygen atoms in total. The van der Waals surface area contributed by atoms with Gasteiger partial charge in [-0.25, -0.2) is 0 Å². The lowest BCUT2D eigenvalue weighted by Crippen LogP contribution is -2.17. The van der Waals surface area contributed by atoms with Crippen LogP contribution in [0, 0.1) is 0 Å². The quantitative estimate of drug-likeness (QED) is 0.231. The minimum atomic E-state index is -0.639. The highest BCUT2D eigenvalue weighted by molar-refractivity contribution is 6.64. The second kappa shape index (κ2) is 11.1. The maximum absolute atomic E-state index is 4.57. The maximum Gasteiger partial charge on any atom is 0.0503 e. The summed E-state index contributed by atoms with van der Waals surface area (Å²) in [5, 5.41) is 0. The Balaban J connectivity index is 3.83. The number of aliphatic imine (C=N–C) groups is 1. The van der Waals surface area contributed by atoms with E-state index in [1.54, 1.807) is 0 Å². The number of hydrogen-bond donors (Lipinski definition) is 0. The van der Waals surface area contributed by atoms with E-state index in [9.17, 15) is 0 Å². The van der Waals surface area contributed by atoms with Crippen molar-refractivity contribution in [2.75, 3.05) is 6.54 Å². The molecule has 0 aromatic heterocycles. The molecule has 0 spiro atoms. The summed E-state index contributed by atoms with van der Waals surface area (Å²) < 4.78 is 0. The van der Waals surface area contributed by atoms with Gasteiger partial charge in [-0.2, -0.15) is 0 Å². The first-order chi connectivity index (χ1) is 7.79. The van der Waals surface area contributed by atoms with E-state index in [-0.39, 0.29) is 0 Å².